The average Bonchev–Trinajstić information content (AvgIpc) is 3.66. The Kier molecular flexibility index (Phi) is 7.36. The number of rotatable bonds is 8. The van der Waals surface area contributed by atoms with Crippen molar-refractivity contribution in [1.29, 1.82) is 0 Å². The van der Waals surface area contributed by atoms with E-state index in [9.17, 15) is 0 Å². The fourth-order valence-corrected chi connectivity index (χ4v) is 6.75. The fourth-order valence-electron chi connectivity index (χ4n) is 5.71. The summed E-state index contributed by atoms with van der Waals surface area (Å²) in [7, 11) is 0. The van der Waals surface area contributed by atoms with Gasteiger partial charge in [-0.15, -0.1) is 0 Å². The van der Waals surface area contributed by atoms with E-state index in [1.165, 1.54) is 32.8 Å². The maximum absolute atomic E-state index is 6.27. The Balaban J connectivity index is 1.14. The van der Waals surface area contributed by atoms with Gasteiger partial charge in [0.25, 0.3) is 0 Å². The zero-order valence-electron chi connectivity index (χ0n) is 24.1. The van der Waals surface area contributed by atoms with E-state index < -0.39 is 0 Å². The first-order valence-electron chi connectivity index (χ1n) is 14.6. The zero-order chi connectivity index (χ0) is 29.2. The molecule has 1 aromatic heterocycles. The Hall–Kier alpha value is -4.93. The number of hydrogen-bond acceptors (Lipinski definition) is 4. The number of furan rings is 1. The van der Waals surface area contributed by atoms with Crippen molar-refractivity contribution in [2.24, 2.45) is 0 Å². The summed E-state index contributed by atoms with van der Waals surface area (Å²) in [5.74, 6) is 0. The van der Waals surface area contributed by atoms with E-state index in [4.69, 9.17) is 4.42 Å². The fraction of sp³-hybridized carbons (Fsp3) is 0.0769. The minimum absolute atomic E-state index is 0.862. The van der Waals surface area contributed by atoms with E-state index in [-0.39, 0.29) is 0 Å². The first-order valence-corrected chi connectivity index (χ1v) is 15.4. The molecule has 0 bridgehead atoms. The molecule has 1 N–H and O–H groups in total. The van der Waals surface area contributed by atoms with Gasteiger partial charge in [0, 0.05) is 28.2 Å². The van der Waals surface area contributed by atoms with Crippen LogP contribution in [0.2, 0.25) is 0 Å². The molecular weight excluding hydrogens is 545 g/mol. The molecule has 0 saturated carbocycles. The lowest BCUT2D eigenvalue weighted by molar-refractivity contribution is 0.639. The summed E-state index contributed by atoms with van der Waals surface area (Å²) < 4.78 is 8.45. The number of para-hydroxylation sites is 2. The van der Waals surface area contributed by atoms with Crippen LogP contribution in [0.1, 0.15) is 18.1 Å². The lowest BCUT2D eigenvalue weighted by atomic mass is 9.98. The predicted molar refractivity (Wildman–Crippen MR) is 184 cm³/mol. The van der Waals surface area contributed by atoms with E-state index >= 15 is 0 Å². The Labute approximate surface area is 257 Å². The van der Waals surface area contributed by atoms with Gasteiger partial charge in [-0.2, -0.15) is 0 Å². The van der Waals surface area contributed by atoms with Gasteiger partial charge < -0.3 is 14.0 Å². The van der Waals surface area contributed by atoms with Gasteiger partial charge in [0.2, 0.25) is 0 Å². The maximum atomic E-state index is 6.27. The SMILES string of the molecule is C=CN1Cc2ccc(C/C=C\C=C/C)c(Nc3ccc(-c4ccc(-c5cccc6c5oc5ccccc56)cc4)cc3)c2S1. The van der Waals surface area contributed by atoms with Gasteiger partial charge in [-0.05, 0) is 71.3 Å². The van der Waals surface area contributed by atoms with Gasteiger partial charge in [-0.25, -0.2) is 0 Å². The Bertz CT molecular complexity index is 2000. The molecule has 4 heteroatoms. The lowest BCUT2D eigenvalue weighted by Crippen LogP contribution is -1.99. The van der Waals surface area contributed by atoms with Gasteiger partial charge in [0.1, 0.15) is 11.2 Å². The minimum Gasteiger partial charge on any atom is -0.455 e. The van der Waals surface area contributed by atoms with Crippen LogP contribution in [0.4, 0.5) is 11.4 Å². The first kappa shape index (κ1) is 26.9. The van der Waals surface area contributed by atoms with Crippen molar-refractivity contribution in [3.63, 3.8) is 0 Å². The Morgan fingerprint density at radius 3 is 2.35 bits per heavy atom. The molecule has 0 spiro atoms. The second kappa shape index (κ2) is 11.7. The van der Waals surface area contributed by atoms with Gasteiger partial charge in [-0.1, -0.05) is 116 Å². The predicted octanol–water partition coefficient (Wildman–Crippen LogP) is 11.3. The van der Waals surface area contributed by atoms with Gasteiger partial charge in [0.15, 0.2) is 0 Å². The number of fused-ring (bicyclic) bond motifs is 4. The van der Waals surface area contributed by atoms with Crippen LogP contribution < -0.4 is 5.32 Å². The average molecular weight is 577 g/mol. The minimum atomic E-state index is 0.862. The molecule has 43 heavy (non-hydrogen) atoms. The number of hydrogen-bond donors (Lipinski definition) is 1. The normalized spacial score (nSPS) is 13.0. The van der Waals surface area contributed by atoms with Gasteiger partial charge >= 0.3 is 0 Å². The molecule has 1 aliphatic heterocycles. The molecule has 6 aromatic rings. The topological polar surface area (TPSA) is 28.4 Å². The molecule has 2 heterocycles. The highest BCUT2D eigenvalue weighted by molar-refractivity contribution is 7.97. The quantitative estimate of drug-likeness (QED) is 0.144. The Morgan fingerprint density at radius 2 is 1.56 bits per heavy atom. The summed E-state index contributed by atoms with van der Waals surface area (Å²) >= 11 is 1.75. The van der Waals surface area contributed by atoms with E-state index in [1.807, 2.05) is 31.3 Å². The molecule has 5 aromatic carbocycles. The third-order valence-corrected chi connectivity index (χ3v) is 9.09. The smallest absolute Gasteiger partial charge is 0.143 e. The molecule has 7 rings (SSSR count). The number of allylic oxidation sites excluding steroid dienone is 4. The van der Waals surface area contributed by atoms with Crippen molar-refractivity contribution in [2.45, 2.75) is 24.8 Å². The third-order valence-electron chi connectivity index (χ3n) is 7.93. The molecule has 0 saturated heterocycles. The summed E-state index contributed by atoms with van der Waals surface area (Å²) in [6, 6.07) is 36.6. The molecule has 0 unspecified atom stereocenters. The molecule has 0 fully saturated rings. The van der Waals surface area contributed by atoms with Crippen LogP contribution in [0, 0.1) is 0 Å². The molecule has 0 atom stereocenters. The van der Waals surface area contributed by atoms with Crippen molar-refractivity contribution in [3.8, 4) is 22.3 Å². The van der Waals surface area contributed by atoms with Crippen molar-refractivity contribution in [3.05, 3.63) is 151 Å². The van der Waals surface area contributed by atoms with Crippen molar-refractivity contribution >= 4 is 45.3 Å². The molecule has 1 aliphatic rings. The van der Waals surface area contributed by atoms with Crippen molar-refractivity contribution in [2.75, 3.05) is 5.32 Å². The molecule has 0 aliphatic carbocycles. The van der Waals surface area contributed by atoms with Crippen LogP contribution in [0.5, 0.6) is 0 Å². The van der Waals surface area contributed by atoms with Crippen LogP contribution in [0.25, 0.3) is 44.2 Å². The van der Waals surface area contributed by atoms with E-state index in [1.54, 1.807) is 11.9 Å². The van der Waals surface area contributed by atoms with Gasteiger partial charge in [-0.3, -0.25) is 0 Å². The first-order chi connectivity index (χ1) is 21.2. The zero-order valence-corrected chi connectivity index (χ0v) is 24.9. The highest BCUT2D eigenvalue weighted by Gasteiger charge is 2.23. The summed E-state index contributed by atoms with van der Waals surface area (Å²) in [4.78, 5) is 1.27. The number of nitrogens with zero attached hydrogens (tertiary/aromatic N) is 1. The number of benzene rings is 5. The van der Waals surface area contributed by atoms with Crippen molar-refractivity contribution < 1.29 is 4.42 Å². The highest BCUT2D eigenvalue weighted by atomic mass is 32.2. The maximum Gasteiger partial charge on any atom is 0.143 e. The van der Waals surface area contributed by atoms with Gasteiger partial charge in [0.05, 0.1) is 17.1 Å². The van der Waals surface area contributed by atoms with Crippen molar-refractivity contribution in [1.82, 2.24) is 4.31 Å². The van der Waals surface area contributed by atoms with E-state index in [0.29, 0.717) is 0 Å². The number of nitrogens with one attached hydrogen (secondary N) is 1. The molecule has 210 valence electrons. The largest absolute Gasteiger partial charge is 0.455 e. The standard InChI is InChI=1S/C39H32N2OS/c1-3-5-6-7-11-30-20-21-31-26-41(4-2)43-39(31)37(30)40-32-24-22-28(23-25-32)27-16-18-29(19-17-27)33-13-10-14-35-34-12-8-9-15-36(34)42-38(33)35/h3-10,12-25,40H,2,11,26H2,1H3/b5-3-,7-6-. The Morgan fingerprint density at radius 1 is 0.814 bits per heavy atom. The summed E-state index contributed by atoms with van der Waals surface area (Å²) in [5.41, 5.74) is 11.3. The lowest BCUT2D eigenvalue weighted by Gasteiger charge is -2.16. The summed E-state index contributed by atoms with van der Waals surface area (Å²) in [6.45, 7) is 6.88. The van der Waals surface area contributed by atoms with Crippen LogP contribution in [-0.4, -0.2) is 4.31 Å². The van der Waals surface area contributed by atoms with Crippen LogP contribution >= 0.6 is 11.9 Å². The van der Waals surface area contributed by atoms with E-state index in [0.717, 1.165) is 51.7 Å². The molecule has 3 nitrogen and oxygen atoms in total. The third kappa shape index (κ3) is 5.26. The van der Waals surface area contributed by atoms with Crippen LogP contribution in [0.3, 0.4) is 0 Å². The summed E-state index contributed by atoms with van der Waals surface area (Å²) in [5, 5.41) is 6.05. The molecular formula is C39H32N2OS. The number of anilines is 2. The van der Waals surface area contributed by atoms with E-state index in [2.05, 4.69) is 125 Å². The highest BCUT2D eigenvalue weighted by Crippen LogP contribution is 2.44. The second-order valence-corrected chi connectivity index (χ2v) is 11.7. The molecule has 0 amide bonds. The van der Waals surface area contributed by atoms with Crippen LogP contribution in [0.15, 0.2) is 150 Å². The summed E-state index contributed by atoms with van der Waals surface area (Å²) in [6.07, 6.45) is 11.2. The monoisotopic (exact) mass is 576 g/mol. The van der Waals surface area contributed by atoms with Crippen LogP contribution in [-0.2, 0) is 13.0 Å². The second-order valence-electron chi connectivity index (χ2n) is 10.7. The molecule has 0 radical (unpaired) electrons.